The fraction of sp³-hybridized carbons (Fsp3) is 0.467. The highest BCUT2D eigenvalue weighted by molar-refractivity contribution is 8.77. The molecule has 1 atom stereocenters. The molecule has 136 valence electrons. The number of ether oxygens (including phenoxy) is 1. The monoisotopic (exact) mass is 384 g/mol. The highest BCUT2D eigenvalue weighted by Crippen LogP contribution is 2.35. The third kappa shape index (κ3) is 9.13. The van der Waals surface area contributed by atoms with Gasteiger partial charge in [0.2, 0.25) is 0 Å². The van der Waals surface area contributed by atoms with Crippen molar-refractivity contribution < 1.29 is 19.4 Å². The predicted octanol–water partition coefficient (Wildman–Crippen LogP) is 4.49. The van der Waals surface area contributed by atoms with E-state index in [1.54, 1.807) is 35.1 Å². The summed E-state index contributed by atoms with van der Waals surface area (Å²) in [5.41, 5.74) is 9.47. The molecule has 1 rings (SSSR count). The summed E-state index contributed by atoms with van der Waals surface area (Å²) < 4.78 is 5.02. The summed E-state index contributed by atoms with van der Waals surface area (Å²) in [4.78, 5) is 25.7. The molecule has 0 spiro atoms. The molecule has 0 aliphatic carbocycles. The molecule has 2 N–H and O–H groups in total. The fourth-order valence-corrected chi connectivity index (χ4v) is 3.95. The predicted molar refractivity (Wildman–Crippen MR) is 99.8 cm³/mol. The van der Waals surface area contributed by atoms with Crippen LogP contribution in [0.4, 0.5) is 10.5 Å². The van der Waals surface area contributed by atoms with E-state index in [0.717, 1.165) is 0 Å². The summed E-state index contributed by atoms with van der Waals surface area (Å²) in [6.45, 7) is 6.05. The lowest BCUT2D eigenvalue weighted by Crippen LogP contribution is -2.42. The van der Waals surface area contributed by atoms with E-state index in [1.807, 2.05) is 20.8 Å². The van der Waals surface area contributed by atoms with Crippen LogP contribution in [0, 0.1) is 0 Å². The highest BCUT2D eigenvalue weighted by atomic mass is 33.1. The lowest BCUT2D eigenvalue weighted by atomic mass is 10.2. The number of alkyl carbamates (subject to hydrolysis) is 1. The number of nitrogens with zero attached hydrogens (tertiary/aromatic N) is 3. The Labute approximate surface area is 153 Å². The topological polar surface area (TPSA) is 124 Å². The minimum atomic E-state index is -1.11. The Morgan fingerprint density at radius 2 is 2.00 bits per heavy atom. The van der Waals surface area contributed by atoms with Crippen molar-refractivity contribution in [2.45, 2.75) is 38.2 Å². The van der Waals surface area contributed by atoms with Crippen molar-refractivity contribution in [3.63, 3.8) is 0 Å². The van der Waals surface area contributed by atoms with Crippen molar-refractivity contribution in [1.29, 1.82) is 0 Å². The molecular weight excluding hydrogens is 364 g/mol. The van der Waals surface area contributed by atoms with Crippen LogP contribution in [-0.2, 0) is 16.1 Å². The lowest BCUT2D eigenvalue weighted by molar-refractivity contribution is -0.138. The number of benzene rings is 1. The molecule has 0 fully saturated rings. The molecule has 0 saturated heterocycles. The summed E-state index contributed by atoms with van der Waals surface area (Å²) in [6.07, 6.45) is -0.798. The van der Waals surface area contributed by atoms with Crippen molar-refractivity contribution >= 4 is 39.3 Å². The van der Waals surface area contributed by atoms with Crippen molar-refractivity contribution in [2.24, 2.45) is 5.11 Å². The molecule has 0 saturated carbocycles. The van der Waals surface area contributed by atoms with Gasteiger partial charge in [-0.05, 0) is 11.1 Å². The van der Waals surface area contributed by atoms with Crippen molar-refractivity contribution in [1.82, 2.24) is 5.32 Å². The van der Waals surface area contributed by atoms with Gasteiger partial charge in [0.25, 0.3) is 0 Å². The van der Waals surface area contributed by atoms with E-state index >= 15 is 0 Å². The number of carbonyl (C=O) groups excluding carboxylic acids is 1. The van der Waals surface area contributed by atoms with E-state index in [4.69, 9.17) is 10.3 Å². The molecule has 1 aromatic rings. The maximum absolute atomic E-state index is 11.8. The van der Waals surface area contributed by atoms with E-state index in [9.17, 15) is 14.7 Å². The second kappa shape index (κ2) is 10.1. The minimum Gasteiger partial charge on any atom is -0.480 e. The molecule has 0 aromatic heterocycles. The SMILES string of the molecule is CC(C)(C)SSC[C@H](NC(=O)OCc1ccc(N=[N+]=[N-])cc1)C(=O)O. The van der Waals surface area contributed by atoms with Crippen LogP contribution in [0.25, 0.3) is 10.4 Å². The van der Waals surface area contributed by atoms with E-state index in [0.29, 0.717) is 11.3 Å². The number of hydrogen-bond acceptors (Lipinski definition) is 6. The lowest BCUT2D eigenvalue weighted by Gasteiger charge is -2.19. The van der Waals surface area contributed by atoms with Crippen LogP contribution >= 0.6 is 21.6 Å². The summed E-state index contributed by atoms with van der Waals surface area (Å²) in [5, 5.41) is 15.0. The second-order valence-electron chi connectivity index (χ2n) is 5.95. The van der Waals surface area contributed by atoms with Gasteiger partial charge in [0.1, 0.15) is 12.6 Å². The summed E-state index contributed by atoms with van der Waals surface area (Å²) in [5.74, 6) is -0.884. The van der Waals surface area contributed by atoms with Crippen LogP contribution in [0.15, 0.2) is 29.4 Å². The Bertz CT molecular complexity index is 640. The van der Waals surface area contributed by atoms with Gasteiger partial charge in [-0.1, -0.05) is 71.7 Å². The van der Waals surface area contributed by atoms with Gasteiger partial charge in [-0.3, -0.25) is 0 Å². The third-order valence-electron chi connectivity index (χ3n) is 2.60. The standard InChI is InChI=1S/C15H20N4O4S2/c1-15(2,3)25-24-9-12(13(20)21)17-14(22)23-8-10-4-6-11(7-5-10)18-19-16/h4-7,12H,8-9H2,1-3H3,(H,17,22)(H,20,21)/t12-/m0/s1. The molecule has 0 aliphatic heterocycles. The number of amides is 1. The largest absolute Gasteiger partial charge is 0.480 e. The molecule has 0 aliphatic rings. The fourth-order valence-electron chi connectivity index (χ4n) is 1.50. The average molecular weight is 384 g/mol. The normalized spacial score (nSPS) is 12.0. The Morgan fingerprint density at radius 1 is 1.36 bits per heavy atom. The molecule has 10 heteroatoms. The van der Waals surface area contributed by atoms with Gasteiger partial charge in [-0.15, -0.1) is 0 Å². The number of carboxylic acid groups (broad SMARTS) is 1. The maximum Gasteiger partial charge on any atom is 0.408 e. The van der Waals surface area contributed by atoms with Crippen molar-refractivity contribution in [2.75, 3.05) is 5.75 Å². The van der Waals surface area contributed by atoms with Gasteiger partial charge >= 0.3 is 12.1 Å². The number of azide groups is 1. The number of carbonyl (C=O) groups is 2. The van der Waals surface area contributed by atoms with Gasteiger partial charge in [-0.2, -0.15) is 0 Å². The van der Waals surface area contributed by atoms with E-state index in [1.165, 1.54) is 10.8 Å². The van der Waals surface area contributed by atoms with Crippen LogP contribution in [0.2, 0.25) is 0 Å². The first-order valence-electron chi connectivity index (χ1n) is 7.32. The number of carboxylic acids is 1. The van der Waals surface area contributed by atoms with E-state index in [2.05, 4.69) is 15.3 Å². The smallest absolute Gasteiger partial charge is 0.408 e. The Balaban J connectivity index is 2.46. The molecule has 0 unspecified atom stereocenters. The second-order valence-corrected chi connectivity index (χ2v) is 9.11. The van der Waals surface area contributed by atoms with Crippen molar-refractivity contribution in [3.8, 4) is 0 Å². The first-order chi connectivity index (χ1) is 11.7. The molecule has 1 amide bonds. The van der Waals surface area contributed by atoms with Crippen LogP contribution < -0.4 is 5.32 Å². The summed E-state index contributed by atoms with van der Waals surface area (Å²) >= 11 is 0. The molecule has 0 radical (unpaired) electrons. The van der Waals surface area contributed by atoms with Gasteiger partial charge in [0.15, 0.2) is 0 Å². The highest BCUT2D eigenvalue weighted by Gasteiger charge is 2.22. The Kier molecular flexibility index (Phi) is 8.47. The number of nitrogens with one attached hydrogen (secondary N) is 1. The van der Waals surface area contributed by atoms with Gasteiger partial charge in [-0.25, -0.2) is 9.59 Å². The van der Waals surface area contributed by atoms with Crippen LogP contribution in [0.3, 0.4) is 0 Å². The zero-order valence-corrected chi connectivity index (χ0v) is 15.8. The third-order valence-corrected chi connectivity index (χ3v) is 5.95. The van der Waals surface area contributed by atoms with Gasteiger partial charge in [0, 0.05) is 21.1 Å². The Hall–Kier alpha value is -2.03. The molecule has 0 heterocycles. The first kappa shape index (κ1) is 21.0. The van der Waals surface area contributed by atoms with Crippen molar-refractivity contribution in [3.05, 3.63) is 40.3 Å². The molecule has 8 nitrogen and oxygen atoms in total. The van der Waals surface area contributed by atoms with E-state index < -0.39 is 18.1 Å². The molecular formula is C15H20N4O4S2. The quantitative estimate of drug-likeness (QED) is 0.294. The maximum atomic E-state index is 11.8. The summed E-state index contributed by atoms with van der Waals surface area (Å²) in [6, 6.07) is 5.47. The minimum absolute atomic E-state index is 0.00398. The van der Waals surface area contributed by atoms with Gasteiger partial charge in [0.05, 0.1) is 0 Å². The number of hydrogen-bond donors (Lipinski definition) is 2. The molecule has 1 aromatic carbocycles. The first-order valence-corrected chi connectivity index (χ1v) is 9.64. The summed E-state index contributed by atoms with van der Waals surface area (Å²) in [7, 11) is 2.93. The van der Waals surface area contributed by atoms with Gasteiger partial charge < -0.3 is 15.2 Å². The number of aliphatic carboxylic acids is 1. The zero-order chi connectivity index (χ0) is 18.9. The average Bonchev–Trinajstić information content (AvgIpc) is 2.52. The Morgan fingerprint density at radius 3 is 2.52 bits per heavy atom. The van der Waals surface area contributed by atoms with Crippen LogP contribution in [0.1, 0.15) is 26.3 Å². The van der Waals surface area contributed by atoms with Crippen LogP contribution in [0.5, 0.6) is 0 Å². The zero-order valence-electron chi connectivity index (χ0n) is 14.1. The molecule has 0 bridgehead atoms. The molecule has 25 heavy (non-hydrogen) atoms. The van der Waals surface area contributed by atoms with Crippen LogP contribution in [-0.4, -0.2) is 33.7 Å². The number of rotatable bonds is 8. The van der Waals surface area contributed by atoms with E-state index in [-0.39, 0.29) is 17.1 Å².